The van der Waals surface area contributed by atoms with Gasteiger partial charge in [-0.25, -0.2) is 14.8 Å². The second-order valence-electron chi connectivity index (χ2n) is 4.81. The molecule has 0 saturated heterocycles. The summed E-state index contributed by atoms with van der Waals surface area (Å²) in [6.07, 6.45) is 2.86. The minimum atomic E-state index is -0.449. The Bertz CT molecular complexity index is 859. The van der Waals surface area contributed by atoms with Gasteiger partial charge >= 0.3 is 5.97 Å². The molecule has 0 aliphatic rings. The minimum absolute atomic E-state index is 0.297. The third-order valence-electron chi connectivity index (χ3n) is 3.24. The first-order chi connectivity index (χ1) is 11.1. The number of nitrogens with zero attached hydrogens (tertiary/aromatic N) is 2. The molecule has 0 spiro atoms. The fourth-order valence-electron chi connectivity index (χ4n) is 2.19. The number of rotatable bonds is 4. The summed E-state index contributed by atoms with van der Waals surface area (Å²) < 4.78 is 10.5. The number of esters is 1. The van der Waals surface area contributed by atoms with E-state index in [1.807, 2.05) is 12.1 Å². The first kappa shape index (κ1) is 15.5. The van der Waals surface area contributed by atoms with Crippen LogP contribution in [0.2, 0.25) is 5.02 Å². The van der Waals surface area contributed by atoms with Crippen LogP contribution in [0.5, 0.6) is 0 Å². The fourth-order valence-corrected chi connectivity index (χ4v) is 2.46. The predicted octanol–water partition coefficient (Wildman–Crippen LogP) is 3.18. The summed E-state index contributed by atoms with van der Waals surface area (Å²) in [5.41, 5.74) is 7.19. The molecule has 23 heavy (non-hydrogen) atoms. The Morgan fingerprint density at radius 2 is 2.04 bits per heavy atom. The molecule has 0 fully saturated rings. The highest BCUT2D eigenvalue weighted by atomic mass is 35.5. The lowest BCUT2D eigenvalue weighted by Crippen LogP contribution is -2.06. The van der Waals surface area contributed by atoms with Gasteiger partial charge in [0.05, 0.1) is 23.7 Å². The summed E-state index contributed by atoms with van der Waals surface area (Å²) in [5.74, 6) is 0.657. The average Bonchev–Trinajstić information content (AvgIpc) is 2.99. The van der Waals surface area contributed by atoms with Gasteiger partial charge in [0.15, 0.2) is 11.4 Å². The molecule has 3 rings (SSSR count). The van der Waals surface area contributed by atoms with Gasteiger partial charge in [0.25, 0.3) is 0 Å². The molecule has 7 heteroatoms. The van der Waals surface area contributed by atoms with Crippen LogP contribution in [0, 0.1) is 0 Å². The molecule has 118 valence electrons. The van der Waals surface area contributed by atoms with Crippen molar-refractivity contribution in [3.63, 3.8) is 0 Å². The second kappa shape index (κ2) is 6.36. The van der Waals surface area contributed by atoms with Crippen molar-refractivity contribution in [1.29, 1.82) is 0 Å². The van der Waals surface area contributed by atoms with Crippen molar-refractivity contribution in [3.8, 4) is 11.4 Å². The average molecular weight is 332 g/mol. The molecule has 0 bridgehead atoms. The highest BCUT2D eigenvalue weighted by Crippen LogP contribution is 2.31. The maximum atomic E-state index is 11.6. The monoisotopic (exact) mass is 331 g/mol. The molecule has 0 radical (unpaired) electrons. The van der Waals surface area contributed by atoms with Crippen LogP contribution in [0.1, 0.15) is 23.0 Å². The highest BCUT2D eigenvalue weighted by molar-refractivity contribution is 6.35. The summed E-state index contributed by atoms with van der Waals surface area (Å²) in [6.45, 7) is 2.34. The Kier molecular flexibility index (Phi) is 4.27. The number of carbonyl (C=O) groups is 1. The van der Waals surface area contributed by atoms with Gasteiger partial charge in [0, 0.05) is 23.3 Å². The van der Waals surface area contributed by atoms with Gasteiger partial charge in [0.1, 0.15) is 5.76 Å². The largest absolute Gasteiger partial charge is 0.462 e. The van der Waals surface area contributed by atoms with Gasteiger partial charge in [0.2, 0.25) is 0 Å². The van der Waals surface area contributed by atoms with Crippen LogP contribution in [-0.2, 0) is 11.3 Å². The van der Waals surface area contributed by atoms with Crippen LogP contribution >= 0.6 is 11.6 Å². The van der Waals surface area contributed by atoms with E-state index in [2.05, 4.69) is 9.97 Å². The Balaban J connectivity index is 1.98. The van der Waals surface area contributed by atoms with Crippen molar-refractivity contribution in [2.24, 2.45) is 5.73 Å². The summed E-state index contributed by atoms with van der Waals surface area (Å²) in [5, 5.41) is 1.28. The molecule has 0 saturated carbocycles. The summed E-state index contributed by atoms with van der Waals surface area (Å²) in [4.78, 5) is 20.0. The molecular formula is C16H14ClN3O3. The number of benzene rings is 1. The maximum absolute atomic E-state index is 11.6. The Morgan fingerprint density at radius 3 is 2.70 bits per heavy atom. The first-order valence-electron chi connectivity index (χ1n) is 7.04. The van der Waals surface area contributed by atoms with E-state index in [4.69, 9.17) is 26.5 Å². The van der Waals surface area contributed by atoms with Crippen molar-refractivity contribution in [2.75, 3.05) is 6.61 Å². The van der Waals surface area contributed by atoms with Crippen molar-refractivity contribution in [3.05, 3.63) is 46.9 Å². The number of hydrogen-bond donors (Lipinski definition) is 1. The molecule has 0 aliphatic heterocycles. The summed E-state index contributed by atoms with van der Waals surface area (Å²) >= 11 is 6.24. The van der Waals surface area contributed by atoms with Gasteiger partial charge in [-0.05, 0) is 25.1 Å². The molecule has 0 amide bonds. The van der Waals surface area contributed by atoms with Gasteiger partial charge in [-0.15, -0.1) is 0 Å². The molecule has 0 aliphatic carbocycles. The van der Waals surface area contributed by atoms with E-state index >= 15 is 0 Å². The molecule has 3 aromatic rings. The molecule has 2 heterocycles. The predicted molar refractivity (Wildman–Crippen MR) is 86.1 cm³/mol. The van der Waals surface area contributed by atoms with Crippen molar-refractivity contribution in [1.82, 2.24) is 9.97 Å². The topological polar surface area (TPSA) is 91.2 Å². The van der Waals surface area contributed by atoms with Crippen LogP contribution in [0.15, 0.2) is 35.0 Å². The van der Waals surface area contributed by atoms with E-state index < -0.39 is 5.97 Å². The molecule has 1 aromatic carbocycles. The molecule has 6 nitrogen and oxygen atoms in total. The van der Waals surface area contributed by atoms with E-state index in [1.165, 1.54) is 12.4 Å². The summed E-state index contributed by atoms with van der Waals surface area (Å²) in [7, 11) is 0. The van der Waals surface area contributed by atoms with Crippen molar-refractivity contribution in [2.45, 2.75) is 13.5 Å². The van der Waals surface area contributed by atoms with E-state index in [0.29, 0.717) is 40.9 Å². The quantitative estimate of drug-likeness (QED) is 0.738. The van der Waals surface area contributed by atoms with Gasteiger partial charge in [-0.3, -0.25) is 0 Å². The van der Waals surface area contributed by atoms with Crippen LogP contribution in [0.4, 0.5) is 0 Å². The Labute approximate surface area is 137 Å². The standard InChI is InChI=1S/C16H14ClN3O3/c1-2-22-16(21)11-7-19-15(20-8-11)10-3-9-4-12(6-18)23-14(9)13(17)5-10/h3-5,7-8H,2,6,18H2,1H3. The van der Waals surface area contributed by atoms with Gasteiger partial charge in [-0.2, -0.15) is 0 Å². The number of aromatic nitrogens is 2. The lowest BCUT2D eigenvalue weighted by atomic mass is 10.1. The normalized spacial score (nSPS) is 10.9. The van der Waals surface area contributed by atoms with Crippen LogP contribution in [-0.4, -0.2) is 22.5 Å². The molecular weight excluding hydrogens is 318 g/mol. The fraction of sp³-hybridized carbons (Fsp3) is 0.188. The lowest BCUT2D eigenvalue weighted by Gasteiger charge is -2.04. The number of carbonyl (C=O) groups excluding carboxylic acids is 1. The third-order valence-corrected chi connectivity index (χ3v) is 3.53. The lowest BCUT2D eigenvalue weighted by molar-refractivity contribution is 0.0525. The number of halogens is 1. The minimum Gasteiger partial charge on any atom is -0.462 e. The highest BCUT2D eigenvalue weighted by Gasteiger charge is 2.13. The smallest absolute Gasteiger partial charge is 0.341 e. The number of furan rings is 1. The van der Waals surface area contributed by atoms with E-state index in [9.17, 15) is 4.79 Å². The van der Waals surface area contributed by atoms with Crippen LogP contribution in [0.3, 0.4) is 0 Å². The van der Waals surface area contributed by atoms with Gasteiger partial charge < -0.3 is 14.9 Å². The zero-order chi connectivity index (χ0) is 16.4. The summed E-state index contributed by atoms with van der Waals surface area (Å²) in [6, 6.07) is 5.41. The van der Waals surface area contributed by atoms with Crippen LogP contribution in [0.25, 0.3) is 22.4 Å². The third kappa shape index (κ3) is 3.04. The van der Waals surface area contributed by atoms with E-state index in [1.54, 1.807) is 13.0 Å². The number of fused-ring (bicyclic) bond motifs is 1. The number of hydrogen-bond acceptors (Lipinski definition) is 6. The SMILES string of the molecule is CCOC(=O)c1cnc(-c2cc(Cl)c3oc(CN)cc3c2)nc1. The van der Waals surface area contributed by atoms with Crippen LogP contribution < -0.4 is 5.73 Å². The molecule has 2 aromatic heterocycles. The first-order valence-corrected chi connectivity index (χ1v) is 7.41. The zero-order valence-corrected chi connectivity index (χ0v) is 13.1. The zero-order valence-electron chi connectivity index (χ0n) is 12.4. The Hall–Kier alpha value is -2.44. The van der Waals surface area contributed by atoms with E-state index in [0.717, 1.165) is 10.9 Å². The maximum Gasteiger partial charge on any atom is 0.341 e. The van der Waals surface area contributed by atoms with Gasteiger partial charge in [-0.1, -0.05) is 11.6 Å². The van der Waals surface area contributed by atoms with E-state index in [-0.39, 0.29) is 0 Å². The molecule has 2 N–H and O–H groups in total. The number of ether oxygens (including phenoxy) is 1. The number of nitrogens with two attached hydrogens (primary N) is 1. The molecule has 0 unspecified atom stereocenters. The van der Waals surface area contributed by atoms with Crippen molar-refractivity contribution < 1.29 is 13.9 Å². The molecule has 0 atom stereocenters. The van der Waals surface area contributed by atoms with Crippen molar-refractivity contribution >= 4 is 28.5 Å². The second-order valence-corrected chi connectivity index (χ2v) is 5.22. The Morgan fingerprint density at radius 1 is 1.30 bits per heavy atom.